The Morgan fingerprint density at radius 2 is 1.62 bits per heavy atom. The van der Waals surface area contributed by atoms with Crippen LogP contribution in [-0.2, 0) is 4.74 Å². The first-order valence-electron chi connectivity index (χ1n) is 5.25. The van der Waals surface area contributed by atoms with Crippen LogP contribution in [0.1, 0.15) is 31.9 Å². The molecule has 2 nitrogen and oxygen atoms in total. The van der Waals surface area contributed by atoms with E-state index < -0.39 is 5.60 Å². The predicted octanol–water partition coefficient (Wildman–Crippen LogP) is 4.33. The number of carbonyl (C=O) groups excluding carboxylic acids is 1. The summed E-state index contributed by atoms with van der Waals surface area (Å²) in [6.07, 6.45) is 0. The number of aryl methyl sites for hydroxylation is 2. The van der Waals surface area contributed by atoms with E-state index in [1.807, 2.05) is 46.8 Å². The smallest absolute Gasteiger partial charge is 0.372 e. The van der Waals surface area contributed by atoms with E-state index in [-0.39, 0.29) is 5.30 Å². The predicted molar refractivity (Wildman–Crippen MR) is 68.0 cm³/mol. The van der Waals surface area contributed by atoms with Crippen LogP contribution < -0.4 is 0 Å². The molecule has 0 heterocycles. The Hall–Kier alpha value is -0.960. The van der Waals surface area contributed by atoms with Gasteiger partial charge in [0.15, 0.2) is 0 Å². The SMILES string of the molecule is Cc1cc(C)cc(SC(=O)OC(C)(C)C)c1. The fraction of sp³-hybridized carbons (Fsp3) is 0.462. The Kier molecular flexibility index (Phi) is 4.03. The van der Waals surface area contributed by atoms with Crippen molar-refractivity contribution in [3.05, 3.63) is 29.3 Å². The second-order valence-corrected chi connectivity index (χ2v) is 5.90. The summed E-state index contributed by atoms with van der Waals surface area (Å²) in [5.74, 6) is 0. The number of thioether (sulfide) groups is 1. The summed E-state index contributed by atoms with van der Waals surface area (Å²) in [6, 6.07) is 6.06. The van der Waals surface area contributed by atoms with Crippen molar-refractivity contribution in [1.82, 2.24) is 0 Å². The van der Waals surface area contributed by atoms with Crippen molar-refractivity contribution < 1.29 is 9.53 Å². The lowest BCUT2D eigenvalue weighted by atomic mass is 10.2. The van der Waals surface area contributed by atoms with Gasteiger partial charge in [0, 0.05) is 4.90 Å². The highest BCUT2D eigenvalue weighted by Crippen LogP contribution is 2.25. The zero-order valence-corrected chi connectivity index (χ0v) is 11.3. The van der Waals surface area contributed by atoms with Crippen molar-refractivity contribution >= 4 is 17.1 Å². The van der Waals surface area contributed by atoms with E-state index in [0.29, 0.717) is 0 Å². The van der Waals surface area contributed by atoms with Crippen molar-refractivity contribution in [2.45, 2.75) is 45.1 Å². The van der Waals surface area contributed by atoms with Crippen molar-refractivity contribution in [3.8, 4) is 0 Å². The van der Waals surface area contributed by atoms with Gasteiger partial charge in [-0.3, -0.25) is 0 Å². The molecule has 0 atom stereocenters. The minimum absolute atomic E-state index is 0.252. The quantitative estimate of drug-likeness (QED) is 0.538. The Balaban J connectivity index is 2.70. The van der Waals surface area contributed by atoms with Gasteiger partial charge in [0.25, 0.3) is 0 Å². The number of benzene rings is 1. The van der Waals surface area contributed by atoms with E-state index in [4.69, 9.17) is 4.74 Å². The topological polar surface area (TPSA) is 26.3 Å². The van der Waals surface area contributed by atoms with Gasteiger partial charge in [-0.25, -0.2) is 4.79 Å². The molecule has 16 heavy (non-hydrogen) atoms. The molecular formula is C13H18O2S. The van der Waals surface area contributed by atoms with Gasteiger partial charge >= 0.3 is 5.30 Å². The maximum atomic E-state index is 11.6. The van der Waals surface area contributed by atoms with Crippen molar-refractivity contribution in [1.29, 1.82) is 0 Å². The summed E-state index contributed by atoms with van der Waals surface area (Å²) in [5, 5.41) is -0.252. The van der Waals surface area contributed by atoms with Crippen LogP contribution in [0.2, 0.25) is 0 Å². The maximum absolute atomic E-state index is 11.6. The Morgan fingerprint density at radius 3 is 2.06 bits per heavy atom. The molecule has 0 aliphatic heterocycles. The second kappa shape index (κ2) is 4.91. The summed E-state index contributed by atoms with van der Waals surface area (Å²) in [6.45, 7) is 9.64. The fourth-order valence-corrected chi connectivity index (χ4v) is 2.33. The molecule has 3 heteroatoms. The van der Waals surface area contributed by atoms with Crippen LogP contribution in [0.15, 0.2) is 23.1 Å². The number of carbonyl (C=O) groups is 1. The molecule has 0 bridgehead atoms. The molecule has 0 fully saturated rings. The molecule has 0 amide bonds. The standard InChI is InChI=1S/C13H18O2S/c1-9-6-10(2)8-11(7-9)16-12(14)15-13(3,4)5/h6-8H,1-5H3. The van der Waals surface area contributed by atoms with E-state index in [1.165, 1.54) is 0 Å². The zero-order chi connectivity index (χ0) is 12.3. The van der Waals surface area contributed by atoms with Crippen molar-refractivity contribution in [3.63, 3.8) is 0 Å². The summed E-state index contributed by atoms with van der Waals surface area (Å²) >= 11 is 1.14. The molecule has 0 aliphatic carbocycles. The first-order chi connectivity index (χ1) is 7.26. The molecule has 88 valence electrons. The zero-order valence-electron chi connectivity index (χ0n) is 10.5. The molecule has 0 N–H and O–H groups in total. The lowest BCUT2D eigenvalue weighted by Crippen LogP contribution is -2.21. The van der Waals surface area contributed by atoms with E-state index in [1.54, 1.807) is 0 Å². The van der Waals surface area contributed by atoms with Crippen molar-refractivity contribution in [2.75, 3.05) is 0 Å². The Labute approximate surface area is 101 Å². The summed E-state index contributed by atoms with van der Waals surface area (Å²) in [7, 11) is 0. The molecule has 0 aliphatic rings. The molecule has 1 aromatic carbocycles. The Morgan fingerprint density at radius 1 is 1.12 bits per heavy atom. The minimum Gasteiger partial charge on any atom is -0.452 e. The molecule has 0 aromatic heterocycles. The van der Waals surface area contributed by atoms with Crippen LogP contribution in [-0.4, -0.2) is 10.9 Å². The second-order valence-electron chi connectivity index (χ2n) is 4.89. The number of hydrogen-bond donors (Lipinski definition) is 0. The lowest BCUT2D eigenvalue weighted by Gasteiger charge is -2.18. The van der Waals surface area contributed by atoms with Gasteiger partial charge in [0.1, 0.15) is 5.60 Å². The van der Waals surface area contributed by atoms with Gasteiger partial charge in [-0.15, -0.1) is 0 Å². The molecule has 1 rings (SSSR count). The van der Waals surface area contributed by atoms with Gasteiger partial charge in [-0.05, 0) is 69.6 Å². The monoisotopic (exact) mass is 238 g/mol. The van der Waals surface area contributed by atoms with Crippen LogP contribution in [0.25, 0.3) is 0 Å². The fourth-order valence-electron chi connectivity index (χ4n) is 1.36. The minimum atomic E-state index is -0.428. The molecule has 0 radical (unpaired) electrons. The van der Waals surface area contributed by atoms with Crippen LogP contribution in [0, 0.1) is 13.8 Å². The first-order valence-corrected chi connectivity index (χ1v) is 6.07. The van der Waals surface area contributed by atoms with Crippen LogP contribution >= 0.6 is 11.8 Å². The largest absolute Gasteiger partial charge is 0.452 e. The maximum Gasteiger partial charge on any atom is 0.372 e. The highest BCUT2D eigenvalue weighted by molar-refractivity contribution is 8.13. The first kappa shape index (κ1) is 13.1. The average Bonchev–Trinajstić information content (AvgIpc) is 1.96. The molecule has 0 saturated carbocycles. The van der Waals surface area contributed by atoms with Crippen LogP contribution in [0.5, 0.6) is 0 Å². The summed E-state index contributed by atoms with van der Waals surface area (Å²) in [4.78, 5) is 12.5. The summed E-state index contributed by atoms with van der Waals surface area (Å²) in [5.41, 5.74) is 1.89. The van der Waals surface area contributed by atoms with Crippen molar-refractivity contribution in [2.24, 2.45) is 0 Å². The number of ether oxygens (including phenoxy) is 1. The highest BCUT2D eigenvalue weighted by Gasteiger charge is 2.17. The molecular weight excluding hydrogens is 220 g/mol. The number of rotatable bonds is 1. The van der Waals surface area contributed by atoms with E-state index in [0.717, 1.165) is 27.8 Å². The summed E-state index contributed by atoms with van der Waals surface area (Å²) < 4.78 is 5.25. The number of hydrogen-bond acceptors (Lipinski definition) is 3. The van der Waals surface area contributed by atoms with Crippen LogP contribution in [0.3, 0.4) is 0 Å². The van der Waals surface area contributed by atoms with Gasteiger partial charge in [0.05, 0.1) is 0 Å². The molecule has 0 saturated heterocycles. The third-order valence-electron chi connectivity index (χ3n) is 1.79. The van der Waals surface area contributed by atoms with Gasteiger partial charge < -0.3 is 4.74 Å². The third kappa shape index (κ3) is 4.71. The third-order valence-corrected chi connectivity index (χ3v) is 2.51. The molecule has 1 aromatic rings. The van der Waals surface area contributed by atoms with Gasteiger partial charge in [0.2, 0.25) is 0 Å². The van der Waals surface area contributed by atoms with E-state index >= 15 is 0 Å². The Bertz CT molecular complexity index is 371. The molecule has 0 unspecified atom stereocenters. The normalized spacial score (nSPS) is 11.3. The van der Waals surface area contributed by atoms with E-state index in [9.17, 15) is 4.79 Å². The van der Waals surface area contributed by atoms with E-state index in [2.05, 4.69) is 6.07 Å². The average molecular weight is 238 g/mol. The lowest BCUT2D eigenvalue weighted by molar-refractivity contribution is 0.0738. The highest BCUT2D eigenvalue weighted by atomic mass is 32.2. The van der Waals surface area contributed by atoms with Crippen LogP contribution in [0.4, 0.5) is 4.79 Å². The van der Waals surface area contributed by atoms with Gasteiger partial charge in [-0.1, -0.05) is 6.07 Å². The molecule has 0 spiro atoms. The van der Waals surface area contributed by atoms with Gasteiger partial charge in [-0.2, -0.15) is 0 Å².